The fourth-order valence-corrected chi connectivity index (χ4v) is 2.86. The van der Waals surface area contributed by atoms with Crippen LogP contribution in [-0.2, 0) is 10.2 Å². The third-order valence-electron chi connectivity index (χ3n) is 2.88. The van der Waals surface area contributed by atoms with Gasteiger partial charge in [0.1, 0.15) is 0 Å². The highest BCUT2D eigenvalue weighted by Gasteiger charge is 2.19. The molecule has 0 radical (unpaired) electrons. The van der Waals surface area contributed by atoms with Crippen LogP contribution in [-0.4, -0.2) is 11.1 Å². The number of hydrogen-bond donors (Lipinski definition) is 1. The van der Waals surface area contributed by atoms with Crippen molar-refractivity contribution in [3.05, 3.63) is 57.7 Å². The van der Waals surface area contributed by atoms with E-state index in [0.29, 0.717) is 0 Å². The Morgan fingerprint density at radius 3 is 2.00 bits per heavy atom. The lowest BCUT2D eigenvalue weighted by atomic mass is 9.82. The molecule has 21 heavy (non-hydrogen) atoms. The first-order valence-corrected chi connectivity index (χ1v) is 7.85. The predicted octanol–water partition coefficient (Wildman–Crippen LogP) is 5.35. The van der Waals surface area contributed by atoms with Gasteiger partial charge >= 0.3 is 0 Å². The van der Waals surface area contributed by atoms with Crippen LogP contribution in [0.3, 0.4) is 0 Å². The molecular weight excluding hydrogens is 375 g/mol. The Morgan fingerprint density at radius 2 is 1.52 bits per heavy atom. The lowest BCUT2D eigenvalue weighted by Crippen LogP contribution is -2.13. The third kappa shape index (κ3) is 5.50. The molecule has 0 aromatic heterocycles. The van der Waals surface area contributed by atoms with E-state index >= 15 is 0 Å². The molecule has 2 rings (SSSR count). The molecule has 1 N–H and O–H groups in total. The van der Waals surface area contributed by atoms with E-state index in [9.17, 15) is 0 Å². The van der Waals surface area contributed by atoms with Crippen molar-refractivity contribution >= 4 is 28.6 Å². The fraction of sp³-hybridized carbons (Fsp3) is 0.278. The summed E-state index contributed by atoms with van der Waals surface area (Å²) in [5.41, 5.74) is 4.27. The lowest BCUT2D eigenvalue weighted by Gasteiger charge is -2.24. The second-order valence-electron chi connectivity index (χ2n) is 5.80. The minimum atomic E-state index is -0.833. The van der Waals surface area contributed by atoms with Crippen LogP contribution in [0, 0.1) is 3.57 Å². The molecular formula is C18H21IO2. The summed E-state index contributed by atoms with van der Waals surface area (Å²) < 4.78 is 1.32. The molecule has 2 nitrogen and oxygen atoms in total. The van der Waals surface area contributed by atoms with Crippen LogP contribution in [0.1, 0.15) is 33.3 Å². The van der Waals surface area contributed by atoms with E-state index < -0.39 is 5.97 Å². The molecule has 2 aromatic rings. The number of carboxylic acids is 1. The molecule has 0 saturated carbocycles. The largest absolute Gasteiger partial charge is 0.481 e. The van der Waals surface area contributed by atoms with Crippen LogP contribution in [0.25, 0.3) is 11.1 Å². The highest BCUT2D eigenvalue weighted by atomic mass is 127. The van der Waals surface area contributed by atoms with Crippen molar-refractivity contribution in [3.63, 3.8) is 0 Å². The van der Waals surface area contributed by atoms with Gasteiger partial charge in [0.25, 0.3) is 5.97 Å². The Labute approximate surface area is 140 Å². The maximum Gasteiger partial charge on any atom is 0.300 e. The Balaban J connectivity index is 0.000000491. The highest BCUT2D eigenvalue weighted by Crippen LogP contribution is 2.35. The van der Waals surface area contributed by atoms with Crippen molar-refractivity contribution in [3.8, 4) is 11.1 Å². The zero-order valence-corrected chi connectivity index (χ0v) is 15.0. The predicted molar refractivity (Wildman–Crippen MR) is 96.6 cm³/mol. The summed E-state index contributed by atoms with van der Waals surface area (Å²) in [6.07, 6.45) is 0. The normalized spacial score (nSPS) is 10.5. The van der Waals surface area contributed by atoms with Gasteiger partial charge in [-0.15, -0.1) is 0 Å². The van der Waals surface area contributed by atoms with Gasteiger partial charge in [-0.05, 0) is 50.8 Å². The van der Waals surface area contributed by atoms with E-state index in [-0.39, 0.29) is 5.41 Å². The van der Waals surface area contributed by atoms with Crippen LogP contribution >= 0.6 is 22.6 Å². The van der Waals surface area contributed by atoms with Gasteiger partial charge in [-0.3, -0.25) is 4.79 Å². The maximum absolute atomic E-state index is 9.00. The average Bonchev–Trinajstić information content (AvgIpc) is 2.37. The summed E-state index contributed by atoms with van der Waals surface area (Å²) in [5.74, 6) is -0.833. The molecule has 0 spiro atoms. The van der Waals surface area contributed by atoms with Gasteiger partial charge in [0.05, 0.1) is 0 Å². The van der Waals surface area contributed by atoms with Crippen LogP contribution in [0.15, 0.2) is 48.5 Å². The molecule has 0 unspecified atom stereocenters. The molecule has 0 aliphatic carbocycles. The number of rotatable bonds is 1. The molecule has 0 saturated heterocycles. The van der Waals surface area contributed by atoms with Gasteiger partial charge in [0.2, 0.25) is 0 Å². The average molecular weight is 396 g/mol. The molecule has 0 heterocycles. The van der Waals surface area contributed by atoms with Gasteiger partial charge in [0, 0.05) is 10.5 Å². The van der Waals surface area contributed by atoms with Gasteiger partial charge < -0.3 is 5.11 Å². The molecule has 0 fully saturated rings. The molecule has 112 valence electrons. The van der Waals surface area contributed by atoms with E-state index in [0.717, 1.165) is 6.92 Å². The van der Waals surface area contributed by atoms with Gasteiger partial charge in [0.15, 0.2) is 0 Å². The fourth-order valence-electron chi connectivity index (χ4n) is 2.05. The molecule has 2 aromatic carbocycles. The first kappa shape index (κ1) is 17.7. The van der Waals surface area contributed by atoms with Gasteiger partial charge in [-0.25, -0.2) is 0 Å². The van der Waals surface area contributed by atoms with Crippen LogP contribution in [0.4, 0.5) is 0 Å². The minimum Gasteiger partial charge on any atom is -0.481 e. The van der Waals surface area contributed by atoms with E-state index in [4.69, 9.17) is 9.90 Å². The highest BCUT2D eigenvalue weighted by molar-refractivity contribution is 14.1. The summed E-state index contributed by atoms with van der Waals surface area (Å²) in [6, 6.07) is 17.2. The summed E-state index contributed by atoms with van der Waals surface area (Å²) in [4.78, 5) is 9.00. The van der Waals surface area contributed by atoms with Crippen molar-refractivity contribution in [2.45, 2.75) is 33.1 Å². The number of hydrogen-bond acceptors (Lipinski definition) is 1. The summed E-state index contributed by atoms with van der Waals surface area (Å²) in [6.45, 7) is 7.89. The van der Waals surface area contributed by atoms with Crippen molar-refractivity contribution < 1.29 is 9.90 Å². The van der Waals surface area contributed by atoms with E-state index in [2.05, 4.69) is 91.9 Å². The topological polar surface area (TPSA) is 37.3 Å². The van der Waals surface area contributed by atoms with Crippen LogP contribution in [0.5, 0.6) is 0 Å². The zero-order valence-electron chi connectivity index (χ0n) is 12.9. The Bertz CT molecular complexity index is 594. The molecule has 0 atom stereocenters. The smallest absolute Gasteiger partial charge is 0.300 e. The molecule has 0 bridgehead atoms. The molecule has 3 heteroatoms. The van der Waals surface area contributed by atoms with Crippen molar-refractivity contribution in [1.82, 2.24) is 0 Å². The van der Waals surface area contributed by atoms with Gasteiger partial charge in [-0.2, -0.15) is 0 Å². The second-order valence-corrected chi connectivity index (χ2v) is 6.96. The monoisotopic (exact) mass is 396 g/mol. The molecule has 0 aliphatic rings. The molecule has 0 amide bonds. The van der Waals surface area contributed by atoms with Crippen molar-refractivity contribution in [2.24, 2.45) is 0 Å². The van der Waals surface area contributed by atoms with Crippen molar-refractivity contribution in [2.75, 3.05) is 0 Å². The lowest BCUT2D eigenvalue weighted by molar-refractivity contribution is -0.134. The van der Waals surface area contributed by atoms with E-state index in [1.807, 2.05) is 0 Å². The standard InChI is InChI=1S/C16H17I.C2H4O2/c1-16(2,3)13-10-7-11-14(17)15(13)12-8-5-4-6-9-12;1-2(3)4/h4-11H,1-3H3;1H3,(H,3,4). The maximum atomic E-state index is 9.00. The van der Waals surface area contributed by atoms with Crippen molar-refractivity contribution in [1.29, 1.82) is 0 Å². The number of benzene rings is 2. The summed E-state index contributed by atoms with van der Waals surface area (Å²) >= 11 is 2.43. The Hall–Kier alpha value is -1.36. The minimum absolute atomic E-state index is 0.173. The number of aliphatic carboxylic acids is 1. The summed E-state index contributed by atoms with van der Waals surface area (Å²) in [7, 11) is 0. The second kappa shape index (κ2) is 7.59. The quantitative estimate of drug-likeness (QED) is 0.661. The first-order valence-electron chi connectivity index (χ1n) is 6.77. The van der Waals surface area contributed by atoms with Gasteiger partial charge in [-0.1, -0.05) is 63.2 Å². The summed E-state index contributed by atoms with van der Waals surface area (Å²) in [5, 5.41) is 7.42. The van der Waals surface area contributed by atoms with Crippen LogP contribution in [0.2, 0.25) is 0 Å². The Kier molecular flexibility index (Phi) is 6.40. The zero-order chi connectivity index (χ0) is 16.0. The number of halogens is 1. The first-order chi connectivity index (χ1) is 9.73. The Morgan fingerprint density at radius 1 is 1.00 bits per heavy atom. The number of carboxylic acid groups (broad SMARTS) is 1. The number of carbonyl (C=O) groups is 1. The third-order valence-corrected chi connectivity index (χ3v) is 3.78. The van der Waals surface area contributed by atoms with Crippen LogP contribution < -0.4 is 0 Å². The van der Waals surface area contributed by atoms with E-state index in [1.165, 1.54) is 20.3 Å². The SMILES string of the molecule is CC(=O)O.CC(C)(C)c1cccc(I)c1-c1ccccc1. The van der Waals surface area contributed by atoms with E-state index in [1.54, 1.807) is 0 Å². The molecule has 0 aliphatic heterocycles.